The van der Waals surface area contributed by atoms with Crippen LogP contribution in [0.3, 0.4) is 0 Å². The third-order valence-corrected chi connectivity index (χ3v) is 8.99. The first-order valence-electron chi connectivity index (χ1n) is 11.5. The highest BCUT2D eigenvalue weighted by atomic mass is 16.7. The van der Waals surface area contributed by atoms with Crippen LogP contribution in [-0.4, -0.2) is 54.2 Å². The lowest BCUT2D eigenvalue weighted by Crippen LogP contribution is -2.71. The molecule has 0 aromatic rings. The number of aliphatic hydroxyl groups is 1. The molecule has 2 aliphatic heterocycles. The second-order valence-corrected chi connectivity index (χ2v) is 11.1. The van der Waals surface area contributed by atoms with Crippen LogP contribution in [0, 0.1) is 34.0 Å². The SMILES string of the molecule is C=C1[C@@H]2C[C@@H](O)[C@@H]3[C@](C2)(C(=O)O[C@@H]2CCC(C)(C)[C@H]4[C@H](OC(C)=O)OC[C@@]432)[C@@H]1OC(C)=O. The molecule has 9 atom stereocenters. The van der Waals surface area contributed by atoms with Crippen molar-refractivity contribution in [3.8, 4) is 0 Å². The summed E-state index contributed by atoms with van der Waals surface area (Å²) in [6.07, 6.45) is -0.681. The molecule has 0 amide bonds. The fourth-order valence-corrected chi connectivity index (χ4v) is 8.13. The van der Waals surface area contributed by atoms with Gasteiger partial charge in [0.1, 0.15) is 17.6 Å². The van der Waals surface area contributed by atoms with Gasteiger partial charge in [-0.15, -0.1) is 0 Å². The highest BCUT2D eigenvalue weighted by Crippen LogP contribution is 2.72. The summed E-state index contributed by atoms with van der Waals surface area (Å²) >= 11 is 0. The Balaban J connectivity index is 1.69. The predicted octanol–water partition coefficient (Wildman–Crippen LogP) is 2.13. The van der Waals surface area contributed by atoms with Crippen molar-refractivity contribution in [2.24, 2.45) is 34.0 Å². The van der Waals surface area contributed by atoms with E-state index in [-0.39, 0.29) is 23.9 Å². The smallest absolute Gasteiger partial charge is 0.316 e. The molecule has 0 aromatic carbocycles. The molecule has 5 aliphatic rings. The lowest BCUT2D eigenvalue weighted by molar-refractivity contribution is -0.266. The number of rotatable bonds is 2. The van der Waals surface area contributed by atoms with E-state index in [0.717, 1.165) is 6.42 Å². The highest BCUT2D eigenvalue weighted by molar-refractivity contribution is 5.83. The minimum Gasteiger partial charge on any atom is -0.461 e. The largest absolute Gasteiger partial charge is 0.461 e. The van der Waals surface area contributed by atoms with Crippen LogP contribution in [-0.2, 0) is 33.3 Å². The molecule has 8 heteroatoms. The summed E-state index contributed by atoms with van der Waals surface area (Å²) in [5.41, 5.74) is -1.61. The molecule has 2 bridgehead atoms. The van der Waals surface area contributed by atoms with Gasteiger partial charge in [-0.05, 0) is 42.6 Å². The average Bonchev–Trinajstić information content (AvgIpc) is 3.15. The number of hydrogen-bond donors (Lipinski definition) is 1. The molecule has 5 fully saturated rings. The molecule has 0 aromatic heterocycles. The van der Waals surface area contributed by atoms with Crippen molar-refractivity contribution >= 4 is 17.9 Å². The zero-order chi connectivity index (χ0) is 23.2. The Hall–Kier alpha value is -1.93. The van der Waals surface area contributed by atoms with Crippen LogP contribution in [0.4, 0.5) is 0 Å². The van der Waals surface area contributed by atoms with Crippen molar-refractivity contribution in [3.05, 3.63) is 12.2 Å². The molecule has 32 heavy (non-hydrogen) atoms. The summed E-state index contributed by atoms with van der Waals surface area (Å²) in [5.74, 6) is -2.35. The third-order valence-electron chi connectivity index (χ3n) is 8.99. The van der Waals surface area contributed by atoms with Crippen LogP contribution >= 0.6 is 0 Å². The van der Waals surface area contributed by atoms with E-state index in [1.165, 1.54) is 13.8 Å². The van der Waals surface area contributed by atoms with Crippen LogP contribution in [0.15, 0.2) is 12.2 Å². The maximum absolute atomic E-state index is 13.7. The molecule has 2 spiro atoms. The summed E-state index contributed by atoms with van der Waals surface area (Å²) < 4.78 is 23.6. The fourth-order valence-electron chi connectivity index (χ4n) is 8.13. The molecule has 8 nitrogen and oxygen atoms in total. The summed E-state index contributed by atoms with van der Waals surface area (Å²) in [5, 5.41) is 11.5. The van der Waals surface area contributed by atoms with Gasteiger partial charge in [0.05, 0.1) is 12.7 Å². The Morgan fingerprint density at radius 3 is 2.50 bits per heavy atom. The molecule has 2 heterocycles. The van der Waals surface area contributed by atoms with Crippen molar-refractivity contribution < 1.29 is 38.4 Å². The average molecular weight is 449 g/mol. The van der Waals surface area contributed by atoms with Gasteiger partial charge in [-0.2, -0.15) is 0 Å². The Bertz CT molecular complexity index is 894. The van der Waals surface area contributed by atoms with E-state index in [4.69, 9.17) is 18.9 Å². The van der Waals surface area contributed by atoms with Crippen molar-refractivity contribution in [2.45, 2.75) is 78.0 Å². The van der Waals surface area contributed by atoms with E-state index in [1.54, 1.807) is 0 Å². The maximum Gasteiger partial charge on any atom is 0.316 e. The van der Waals surface area contributed by atoms with E-state index >= 15 is 0 Å². The van der Waals surface area contributed by atoms with Gasteiger partial charge in [0, 0.05) is 31.1 Å². The molecule has 0 unspecified atom stereocenters. The van der Waals surface area contributed by atoms with Gasteiger partial charge < -0.3 is 24.1 Å². The summed E-state index contributed by atoms with van der Waals surface area (Å²) in [7, 11) is 0. The maximum atomic E-state index is 13.7. The first-order valence-corrected chi connectivity index (χ1v) is 11.5. The van der Waals surface area contributed by atoms with Gasteiger partial charge in [0.15, 0.2) is 0 Å². The molecular formula is C24H32O8. The molecule has 3 saturated carbocycles. The molecular weight excluding hydrogens is 416 g/mol. The quantitative estimate of drug-likeness (QED) is 0.389. The van der Waals surface area contributed by atoms with Crippen LogP contribution in [0.5, 0.6) is 0 Å². The number of carbonyl (C=O) groups excluding carboxylic acids is 3. The number of aliphatic hydroxyl groups excluding tert-OH is 1. The first kappa shape index (κ1) is 21.9. The molecule has 2 saturated heterocycles. The van der Waals surface area contributed by atoms with Crippen molar-refractivity contribution in [2.75, 3.05) is 6.61 Å². The Labute approximate surface area is 187 Å². The normalized spacial score (nSPS) is 48.2. The minimum absolute atomic E-state index is 0.132. The summed E-state index contributed by atoms with van der Waals surface area (Å²) in [4.78, 5) is 37.6. The standard InChI is InChI=1S/C24H32O8/c1-11-14-8-15(27)17-23(9-14,19(11)30-12(2)25)21(28)32-16-6-7-22(4,5)18-20(31-13(3)26)29-10-24(16,17)18/h14-20,27H,1,6-10H2,2-5H3/t14-,15-,16-,17-,18-,19-,20+,23+,24+/m1/s1. The lowest BCUT2D eigenvalue weighted by atomic mass is 9.43. The minimum atomic E-state index is -1.22. The van der Waals surface area contributed by atoms with Crippen LogP contribution in [0.2, 0.25) is 0 Å². The van der Waals surface area contributed by atoms with E-state index in [0.29, 0.717) is 24.8 Å². The van der Waals surface area contributed by atoms with Crippen LogP contribution in [0.25, 0.3) is 0 Å². The second kappa shape index (κ2) is 6.79. The number of hydrogen-bond acceptors (Lipinski definition) is 8. The molecule has 1 N–H and O–H groups in total. The number of carbonyl (C=O) groups is 3. The monoisotopic (exact) mass is 448 g/mol. The van der Waals surface area contributed by atoms with E-state index < -0.39 is 59.3 Å². The van der Waals surface area contributed by atoms with Gasteiger partial charge in [-0.3, -0.25) is 14.4 Å². The van der Waals surface area contributed by atoms with Crippen molar-refractivity contribution in [3.63, 3.8) is 0 Å². The van der Waals surface area contributed by atoms with Gasteiger partial charge in [-0.1, -0.05) is 20.4 Å². The summed E-state index contributed by atoms with van der Waals surface area (Å²) in [6, 6.07) is 0. The number of ether oxygens (including phenoxy) is 4. The highest BCUT2D eigenvalue weighted by Gasteiger charge is 2.80. The summed E-state index contributed by atoms with van der Waals surface area (Å²) in [6.45, 7) is 11.2. The van der Waals surface area contributed by atoms with Crippen LogP contribution < -0.4 is 0 Å². The van der Waals surface area contributed by atoms with Gasteiger partial charge in [-0.25, -0.2) is 0 Å². The third kappa shape index (κ3) is 2.59. The fraction of sp³-hybridized carbons (Fsp3) is 0.792. The molecule has 3 aliphatic carbocycles. The van der Waals surface area contributed by atoms with E-state index in [9.17, 15) is 19.5 Å². The first-order chi connectivity index (χ1) is 14.9. The molecule has 0 radical (unpaired) electrons. The van der Waals surface area contributed by atoms with E-state index in [2.05, 4.69) is 20.4 Å². The van der Waals surface area contributed by atoms with E-state index in [1.807, 2.05) is 0 Å². The van der Waals surface area contributed by atoms with Gasteiger partial charge in [0.25, 0.3) is 0 Å². The lowest BCUT2D eigenvalue weighted by Gasteiger charge is -2.63. The Morgan fingerprint density at radius 2 is 1.84 bits per heavy atom. The molecule has 176 valence electrons. The zero-order valence-corrected chi connectivity index (χ0v) is 19.1. The van der Waals surface area contributed by atoms with Gasteiger partial charge in [0.2, 0.25) is 6.29 Å². The predicted molar refractivity (Wildman–Crippen MR) is 110 cm³/mol. The molecule has 5 rings (SSSR count). The van der Waals surface area contributed by atoms with Crippen LogP contribution in [0.1, 0.15) is 53.4 Å². The van der Waals surface area contributed by atoms with Gasteiger partial charge >= 0.3 is 17.9 Å². The number of fused-ring (bicyclic) bond motifs is 1. The Morgan fingerprint density at radius 1 is 1.16 bits per heavy atom. The Kier molecular flexibility index (Phi) is 4.65. The van der Waals surface area contributed by atoms with Crippen molar-refractivity contribution in [1.82, 2.24) is 0 Å². The number of esters is 3. The van der Waals surface area contributed by atoms with Crippen molar-refractivity contribution in [1.29, 1.82) is 0 Å². The zero-order valence-electron chi connectivity index (χ0n) is 19.1. The second-order valence-electron chi connectivity index (χ2n) is 11.1. The topological polar surface area (TPSA) is 108 Å².